The molecule has 0 fully saturated rings. The number of aryl methyl sites for hydroxylation is 1. The summed E-state index contributed by atoms with van der Waals surface area (Å²) in [6, 6.07) is 21.7. The first-order chi connectivity index (χ1) is 18.2. The van der Waals surface area contributed by atoms with E-state index in [1.807, 2.05) is 0 Å². The quantitative estimate of drug-likeness (QED) is 0.162. The van der Waals surface area contributed by atoms with Crippen molar-refractivity contribution >= 4 is 0 Å². The van der Waals surface area contributed by atoms with E-state index >= 15 is 0 Å². The molecule has 0 radical (unpaired) electrons. The molecular weight excluding hydrogens is 450 g/mol. The molecule has 0 aliphatic carbocycles. The van der Waals surface area contributed by atoms with Crippen molar-refractivity contribution in [3.05, 3.63) is 72.4 Å². The zero-order chi connectivity index (χ0) is 26.1. The molecule has 2 heteroatoms. The van der Waals surface area contributed by atoms with Crippen LogP contribution in [0.5, 0.6) is 5.75 Å². The van der Waals surface area contributed by atoms with Gasteiger partial charge in [-0.3, -0.25) is 4.98 Å². The third kappa shape index (κ3) is 10.7. The molecular formula is C35H49NO. The molecule has 0 bridgehead atoms. The van der Waals surface area contributed by atoms with Gasteiger partial charge in [0, 0.05) is 11.8 Å². The van der Waals surface area contributed by atoms with Crippen molar-refractivity contribution in [3.8, 4) is 28.1 Å². The van der Waals surface area contributed by atoms with E-state index in [1.165, 1.54) is 92.9 Å². The number of hydrogen-bond donors (Lipinski definition) is 0. The summed E-state index contributed by atoms with van der Waals surface area (Å²) in [5.74, 6) is 1.77. The van der Waals surface area contributed by atoms with Crippen LogP contribution in [-0.2, 0) is 6.42 Å². The number of hydrogen-bond acceptors (Lipinski definition) is 2. The van der Waals surface area contributed by atoms with Crippen molar-refractivity contribution in [1.82, 2.24) is 4.98 Å². The van der Waals surface area contributed by atoms with Crippen LogP contribution in [0.4, 0.5) is 0 Å². The van der Waals surface area contributed by atoms with E-state index in [0.717, 1.165) is 36.8 Å². The third-order valence-corrected chi connectivity index (χ3v) is 7.42. The largest absolute Gasteiger partial charge is 0.494 e. The molecule has 0 spiro atoms. The molecule has 2 aromatic carbocycles. The summed E-state index contributed by atoms with van der Waals surface area (Å²) in [5, 5.41) is 0. The molecule has 3 aromatic rings. The van der Waals surface area contributed by atoms with Gasteiger partial charge in [-0.05, 0) is 66.5 Å². The van der Waals surface area contributed by atoms with Gasteiger partial charge >= 0.3 is 0 Å². The van der Waals surface area contributed by atoms with Crippen LogP contribution in [0.1, 0.15) is 103 Å². The number of pyridine rings is 1. The molecule has 3 rings (SSSR count). The van der Waals surface area contributed by atoms with Crippen molar-refractivity contribution in [1.29, 1.82) is 0 Å². The molecule has 37 heavy (non-hydrogen) atoms. The van der Waals surface area contributed by atoms with Gasteiger partial charge in [-0.2, -0.15) is 0 Å². The fourth-order valence-corrected chi connectivity index (χ4v) is 4.94. The molecule has 0 N–H and O–H groups in total. The molecule has 0 amide bonds. The van der Waals surface area contributed by atoms with E-state index in [4.69, 9.17) is 9.72 Å². The SMILES string of the molecule is CCCCCCCCc1ccc(-c2ccc(-c3ccc(OCCCC(C)CCCCC)cc3)cc2)nc1. The van der Waals surface area contributed by atoms with E-state index < -0.39 is 0 Å². The van der Waals surface area contributed by atoms with E-state index in [-0.39, 0.29) is 0 Å². The fourth-order valence-electron chi connectivity index (χ4n) is 4.94. The Morgan fingerprint density at radius 1 is 0.622 bits per heavy atom. The summed E-state index contributed by atoms with van der Waals surface area (Å²) >= 11 is 0. The smallest absolute Gasteiger partial charge is 0.119 e. The molecule has 2 nitrogen and oxygen atoms in total. The number of ether oxygens (including phenoxy) is 1. The summed E-state index contributed by atoms with van der Waals surface area (Å²) in [6.07, 6.45) is 19.0. The van der Waals surface area contributed by atoms with Crippen molar-refractivity contribution < 1.29 is 4.74 Å². The molecule has 1 aromatic heterocycles. The average molecular weight is 500 g/mol. The lowest BCUT2D eigenvalue weighted by Crippen LogP contribution is -2.01. The Bertz CT molecular complexity index is 975. The van der Waals surface area contributed by atoms with Gasteiger partial charge in [0.05, 0.1) is 12.3 Å². The van der Waals surface area contributed by atoms with Crippen LogP contribution in [0.25, 0.3) is 22.4 Å². The maximum absolute atomic E-state index is 6.00. The lowest BCUT2D eigenvalue weighted by Gasteiger charge is -2.12. The van der Waals surface area contributed by atoms with E-state index in [0.29, 0.717) is 0 Å². The number of rotatable bonds is 18. The highest BCUT2D eigenvalue weighted by molar-refractivity contribution is 5.69. The van der Waals surface area contributed by atoms with Crippen molar-refractivity contribution in [2.45, 2.75) is 104 Å². The van der Waals surface area contributed by atoms with Crippen LogP contribution in [0.2, 0.25) is 0 Å². The van der Waals surface area contributed by atoms with Crippen LogP contribution in [0.15, 0.2) is 66.9 Å². The number of nitrogens with zero attached hydrogens (tertiary/aromatic N) is 1. The average Bonchev–Trinajstić information content (AvgIpc) is 2.94. The molecule has 0 aliphatic rings. The van der Waals surface area contributed by atoms with Gasteiger partial charge in [-0.25, -0.2) is 0 Å². The van der Waals surface area contributed by atoms with Gasteiger partial charge in [-0.1, -0.05) is 121 Å². The lowest BCUT2D eigenvalue weighted by atomic mass is 9.98. The maximum Gasteiger partial charge on any atom is 0.119 e. The second kappa shape index (κ2) is 17.0. The van der Waals surface area contributed by atoms with Crippen LogP contribution >= 0.6 is 0 Å². The van der Waals surface area contributed by atoms with Crippen LogP contribution in [0.3, 0.4) is 0 Å². The molecule has 0 saturated carbocycles. The summed E-state index contributed by atoms with van der Waals surface area (Å²) in [6.45, 7) is 7.72. The summed E-state index contributed by atoms with van der Waals surface area (Å²) in [7, 11) is 0. The first-order valence-electron chi connectivity index (χ1n) is 15.0. The van der Waals surface area contributed by atoms with Gasteiger partial charge in [0.25, 0.3) is 0 Å². The van der Waals surface area contributed by atoms with Crippen molar-refractivity contribution in [2.24, 2.45) is 5.92 Å². The second-order valence-electron chi connectivity index (χ2n) is 10.8. The van der Waals surface area contributed by atoms with Gasteiger partial charge in [-0.15, -0.1) is 0 Å². The minimum atomic E-state index is 0.802. The van der Waals surface area contributed by atoms with Gasteiger partial charge in [0.1, 0.15) is 5.75 Å². The Labute approximate surface area is 226 Å². The standard InChI is InChI=1S/C35H49NO/c1-4-6-8-9-10-12-16-30-17-26-35(36-28-30)33-20-18-31(19-21-33)32-22-24-34(25-23-32)37-27-13-15-29(3)14-11-7-5-2/h17-26,28-29H,4-16,27H2,1-3H3. The van der Waals surface area contributed by atoms with Crippen LogP contribution in [0, 0.1) is 5.92 Å². The Kier molecular flexibility index (Phi) is 13.3. The normalized spacial score (nSPS) is 12.0. The highest BCUT2D eigenvalue weighted by Gasteiger charge is 2.05. The zero-order valence-electron chi connectivity index (χ0n) is 23.7. The van der Waals surface area contributed by atoms with Crippen molar-refractivity contribution in [2.75, 3.05) is 6.61 Å². The predicted molar refractivity (Wildman–Crippen MR) is 160 cm³/mol. The molecule has 0 aliphatic heterocycles. The lowest BCUT2D eigenvalue weighted by molar-refractivity contribution is 0.291. The molecule has 0 saturated heterocycles. The monoisotopic (exact) mass is 499 g/mol. The zero-order valence-corrected chi connectivity index (χ0v) is 23.7. The van der Waals surface area contributed by atoms with Gasteiger partial charge in [0.15, 0.2) is 0 Å². The van der Waals surface area contributed by atoms with Gasteiger partial charge in [0.2, 0.25) is 0 Å². The highest BCUT2D eigenvalue weighted by atomic mass is 16.5. The molecule has 200 valence electrons. The Hall–Kier alpha value is -2.61. The predicted octanol–water partition coefficient (Wildman–Crippen LogP) is 10.7. The highest BCUT2D eigenvalue weighted by Crippen LogP contribution is 2.26. The Morgan fingerprint density at radius 3 is 1.89 bits per heavy atom. The molecule has 1 heterocycles. The van der Waals surface area contributed by atoms with Crippen molar-refractivity contribution in [3.63, 3.8) is 0 Å². The van der Waals surface area contributed by atoms with E-state index in [1.54, 1.807) is 0 Å². The Morgan fingerprint density at radius 2 is 1.22 bits per heavy atom. The second-order valence-corrected chi connectivity index (χ2v) is 10.8. The first kappa shape index (κ1) is 29.0. The van der Waals surface area contributed by atoms with Crippen LogP contribution < -0.4 is 4.74 Å². The number of aromatic nitrogens is 1. The van der Waals surface area contributed by atoms with E-state index in [9.17, 15) is 0 Å². The summed E-state index contributed by atoms with van der Waals surface area (Å²) in [4.78, 5) is 4.74. The number of unbranched alkanes of at least 4 members (excludes halogenated alkanes) is 7. The fraction of sp³-hybridized carbons (Fsp3) is 0.514. The summed E-state index contributed by atoms with van der Waals surface area (Å²) in [5.41, 5.74) is 5.99. The van der Waals surface area contributed by atoms with E-state index in [2.05, 4.69) is 87.6 Å². The summed E-state index contributed by atoms with van der Waals surface area (Å²) < 4.78 is 6.00. The minimum Gasteiger partial charge on any atom is -0.494 e. The third-order valence-electron chi connectivity index (χ3n) is 7.42. The minimum absolute atomic E-state index is 0.802. The maximum atomic E-state index is 6.00. The Balaban J connectivity index is 1.42. The topological polar surface area (TPSA) is 22.1 Å². The molecule has 1 atom stereocenters. The number of benzene rings is 2. The molecule has 1 unspecified atom stereocenters. The van der Waals surface area contributed by atoms with Gasteiger partial charge < -0.3 is 4.74 Å². The van der Waals surface area contributed by atoms with Crippen LogP contribution in [-0.4, -0.2) is 11.6 Å². The first-order valence-corrected chi connectivity index (χ1v) is 15.0.